The van der Waals surface area contributed by atoms with Crippen LogP contribution in [0, 0.1) is 0 Å². The van der Waals surface area contributed by atoms with Gasteiger partial charge in [0, 0.05) is 19.5 Å². The molecule has 0 aromatic heterocycles. The summed E-state index contributed by atoms with van der Waals surface area (Å²) in [6.45, 7) is 6.04. The van der Waals surface area contributed by atoms with E-state index in [-0.39, 0.29) is 0 Å². The van der Waals surface area contributed by atoms with Crippen molar-refractivity contribution in [3.63, 3.8) is 0 Å². The molecule has 0 saturated heterocycles. The minimum Gasteiger partial charge on any atom is -0.369 e. The molecule has 0 spiro atoms. The lowest BCUT2D eigenvalue weighted by Crippen LogP contribution is -2.25. The second-order valence-corrected chi connectivity index (χ2v) is 2.72. The highest BCUT2D eigenvalue weighted by molar-refractivity contribution is 5.96. The van der Waals surface area contributed by atoms with Crippen molar-refractivity contribution in [2.24, 2.45) is 0 Å². The predicted molar refractivity (Wildman–Crippen MR) is 45.2 cm³/mol. The summed E-state index contributed by atoms with van der Waals surface area (Å²) in [7, 11) is 0. The van der Waals surface area contributed by atoms with Gasteiger partial charge in [-0.3, -0.25) is 4.79 Å². The molecule has 0 aromatic carbocycles. The third-order valence-electron chi connectivity index (χ3n) is 2.10. The van der Waals surface area contributed by atoms with E-state index in [0.29, 0.717) is 12.2 Å². The van der Waals surface area contributed by atoms with Gasteiger partial charge in [-0.1, -0.05) is 6.08 Å². The highest BCUT2D eigenvalue weighted by Gasteiger charge is 2.18. The van der Waals surface area contributed by atoms with Crippen LogP contribution in [-0.2, 0) is 4.79 Å². The van der Waals surface area contributed by atoms with E-state index >= 15 is 0 Å². The Balaban J connectivity index is 2.64. The Morgan fingerprint density at radius 3 is 2.45 bits per heavy atom. The number of nitrogens with zero attached hydrogens (tertiary/aromatic N) is 1. The van der Waals surface area contributed by atoms with Crippen LogP contribution >= 0.6 is 0 Å². The molecule has 0 unspecified atom stereocenters. The van der Waals surface area contributed by atoms with Crippen molar-refractivity contribution in [2.45, 2.75) is 26.7 Å². The number of carbonyl (C=O) groups excluding carboxylic acids is 1. The number of Topliss-reactive ketones (excluding diaryl/α,β-unsaturated/α-hetero) is 1. The average molecular weight is 153 g/mol. The van der Waals surface area contributed by atoms with E-state index in [9.17, 15) is 4.79 Å². The van der Waals surface area contributed by atoms with Gasteiger partial charge >= 0.3 is 0 Å². The van der Waals surface area contributed by atoms with Crippen LogP contribution in [0.1, 0.15) is 26.7 Å². The van der Waals surface area contributed by atoms with Crippen molar-refractivity contribution < 1.29 is 4.79 Å². The van der Waals surface area contributed by atoms with E-state index in [1.54, 1.807) is 0 Å². The molecule has 0 fully saturated rings. The summed E-state index contributed by atoms with van der Waals surface area (Å²) in [4.78, 5) is 13.3. The van der Waals surface area contributed by atoms with Gasteiger partial charge in [-0.15, -0.1) is 0 Å². The molecule has 1 aliphatic carbocycles. The summed E-state index contributed by atoms with van der Waals surface area (Å²) < 4.78 is 0. The fourth-order valence-electron chi connectivity index (χ4n) is 1.45. The summed E-state index contributed by atoms with van der Waals surface area (Å²) in [6, 6.07) is 0. The first-order valence-corrected chi connectivity index (χ1v) is 4.27. The van der Waals surface area contributed by atoms with E-state index < -0.39 is 0 Å². The number of allylic oxidation sites excluding steroid dienone is 2. The van der Waals surface area contributed by atoms with Gasteiger partial charge in [-0.05, 0) is 20.3 Å². The smallest absolute Gasteiger partial charge is 0.178 e. The second-order valence-electron chi connectivity index (χ2n) is 2.72. The highest BCUT2D eigenvalue weighted by Crippen LogP contribution is 2.17. The van der Waals surface area contributed by atoms with E-state index in [0.717, 1.165) is 25.2 Å². The van der Waals surface area contributed by atoms with Crippen molar-refractivity contribution in [3.8, 4) is 0 Å². The first kappa shape index (κ1) is 8.31. The first-order valence-electron chi connectivity index (χ1n) is 4.27. The Kier molecular flexibility index (Phi) is 2.69. The predicted octanol–water partition coefficient (Wildman–Crippen LogP) is 1.57. The zero-order chi connectivity index (χ0) is 8.27. The number of hydrogen-bond acceptors (Lipinski definition) is 2. The maximum absolute atomic E-state index is 11.2. The van der Waals surface area contributed by atoms with Crippen LogP contribution in [0.15, 0.2) is 11.8 Å². The fraction of sp³-hybridized carbons (Fsp3) is 0.667. The lowest BCUT2D eigenvalue weighted by Gasteiger charge is -2.20. The van der Waals surface area contributed by atoms with Crippen LogP contribution < -0.4 is 0 Å². The molecule has 0 saturated carbocycles. The molecule has 0 radical (unpaired) electrons. The normalized spacial score (nSPS) is 16.9. The number of hydrogen-bond donors (Lipinski definition) is 0. The standard InChI is InChI=1S/C9H15NO/c1-3-10(4-2)8-6-5-7-9(8)11/h6H,3-5,7H2,1-2H3. The molecule has 0 aliphatic heterocycles. The largest absolute Gasteiger partial charge is 0.369 e. The van der Waals surface area contributed by atoms with Gasteiger partial charge in [-0.25, -0.2) is 0 Å². The third-order valence-corrected chi connectivity index (χ3v) is 2.10. The van der Waals surface area contributed by atoms with Gasteiger partial charge < -0.3 is 4.90 Å². The molecular formula is C9H15NO. The molecule has 0 aromatic rings. The Bertz CT molecular complexity index is 180. The van der Waals surface area contributed by atoms with E-state index in [1.807, 2.05) is 0 Å². The summed E-state index contributed by atoms with van der Waals surface area (Å²) in [5.74, 6) is 0.314. The van der Waals surface area contributed by atoms with Crippen LogP contribution in [0.4, 0.5) is 0 Å². The quantitative estimate of drug-likeness (QED) is 0.613. The zero-order valence-electron chi connectivity index (χ0n) is 7.26. The molecule has 0 amide bonds. The molecule has 0 atom stereocenters. The van der Waals surface area contributed by atoms with Crippen molar-refractivity contribution in [2.75, 3.05) is 13.1 Å². The SMILES string of the molecule is CCN(CC)C1=CCCC1=O. The lowest BCUT2D eigenvalue weighted by molar-refractivity contribution is -0.116. The molecule has 0 N–H and O–H groups in total. The highest BCUT2D eigenvalue weighted by atomic mass is 16.1. The van der Waals surface area contributed by atoms with Crippen molar-refractivity contribution >= 4 is 5.78 Å². The summed E-state index contributed by atoms with van der Waals surface area (Å²) in [6.07, 6.45) is 3.70. The summed E-state index contributed by atoms with van der Waals surface area (Å²) >= 11 is 0. The van der Waals surface area contributed by atoms with E-state index in [4.69, 9.17) is 0 Å². The molecule has 2 heteroatoms. The zero-order valence-corrected chi connectivity index (χ0v) is 7.26. The van der Waals surface area contributed by atoms with Crippen LogP contribution in [-0.4, -0.2) is 23.8 Å². The monoisotopic (exact) mass is 153 g/mol. The molecule has 1 aliphatic rings. The number of carbonyl (C=O) groups is 1. The maximum Gasteiger partial charge on any atom is 0.178 e. The minimum atomic E-state index is 0.314. The molecule has 2 nitrogen and oxygen atoms in total. The number of ketones is 1. The van der Waals surface area contributed by atoms with Gasteiger partial charge in [0.1, 0.15) is 0 Å². The Hall–Kier alpha value is -0.790. The van der Waals surface area contributed by atoms with E-state index in [2.05, 4.69) is 24.8 Å². The van der Waals surface area contributed by atoms with Crippen LogP contribution in [0.2, 0.25) is 0 Å². The van der Waals surface area contributed by atoms with Crippen LogP contribution in [0.3, 0.4) is 0 Å². The molecule has 0 bridgehead atoms. The fourth-order valence-corrected chi connectivity index (χ4v) is 1.45. The van der Waals surface area contributed by atoms with Gasteiger partial charge in [-0.2, -0.15) is 0 Å². The summed E-state index contributed by atoms with van der Waals surface area (Å²) in [5.41, 5.74) is 0.940. The Morgan fingerprint density at radius 2 is 2.09 bits per heavy atom. The summed E-state index contributed by atoms with van der Waals surface area (Å²) in [5, 5.41) is 0. The third kappa shape index (κ3) is 1.62. The molecule has 62 valence electrons. The first-order chi connectivity index (χ1) is 5.29. The Labute approximate surface area is 67.9 Å². The van der Waals surface area contributed by atoms with Crippen LogP contribution in [0.25, 0.3) is 0 Å². The Morgan fingerprint density at radius 1 is 1.45 bits per heavy atom. The van der Waals surface area contributed by atoms with Gasteiger partial charge in [0.05, 0.1) is 5.70 Å². The maximum atomic E-state index is 11.2. The van der Waals surface area contributed by atoms with E-state index in [1.165, 1.54) is 0 Å². The van der Waals surface area contributed by atoms with Gasteiger partial charge in [0.25, 0.3) is 0 Å². The molecule has 0 heterocycles. The average Bonchev–Trinajstić information content (AvgIpc) is 2.40. The van der Waals surface area contributed by atoms with Crippen LogP contribution in [0.5, 0.6) is 0 Å². The number of likely N-dealkylation sites (N-methyl/N-ethyl adjacent to an activating group) is 1. The lowest BCUT2D eigenvalue weighted by atomic mass is 10.3. The van der Waals surface area contributed by atoms with Crippen molar-refractivity contribution in [3.05, 3.63) is 11.8 Å². The minimum absolute atomic E-state index is 0.314. The molecule has 1 rings (SSSR count). The van der Waals surface area contributed by atoms with Gasteiger partial charge in [0.2, 0.25) is 0 Å². The second kappa shape index (κ2) is 3.56. The topological polar surface area (TPSA) is 20.3 Å². The molecule has 11 heavy (non-hydrogen) atoms. The number of rotatable bonds is 3. The van der Waals surface area contributed by atoms with Crippen molar-refractivity contribution in [1.29, 1.82) is 0 Å². The van der Waals surface area contributed by atoms with Gasteiger partial charge in [0.15, 0.2) is 5.78 Å². The van der Waals surface area contributed by atoms with Crippen molar-refractivity contribution in [1.82, 2.24) is 4.90 Å². The molecular weight excluding hydrogens is 138 g/mol.